The van der Waals surface area contributed by atoms with Gasteiger partial charge in [0.2, 0.25) is 11.8 Å². The Labute approximate surface area is 127 Å². The van der Waals surface area contributed by atoms with Crippen LogP contribution in [0.1, 0.15) is 12.0 Å². The molecule has 1 aromatic carbocycles. The van der Waals surface area contributed by atoms with Gasteiger partial charge in [0.15, 0.2) is 0 Å². The molecule has 106 valence electrons. The van der Waals surface area contributed by atoms with Crippen molar-refractivity contribution >= 4 is 40.1 Å². The highest BCUT2D eigenvalue weighted by atomic mass is 32.2. The topological polar surface area (TPSA) is 49.4 Å². The molecule has 1 aliphatic heterocycles. The minimum absolute atomic E-state index is 0.000861. The molecule has 2 rings (SSSR count). The first-order chi connectivity index (χ1) is 9.66. The first kappa shape index (κ1) is 15.0. The number of hydrogen-bond acceptors (Lipinski definition) is 4. The summed E-state index contributed by atoms with van der Waals surface area (Å²) >= 11 is 6.44. The Morgan fingerprint density at radius 2 is 2.10 bits per heavy atom. The lowest BCUT2D eigenvalue weighted by molar-refractivity contribution is -0.125. The van der Waals surface area contributed by atoms with E-state index in [9.17, 15) is 9.59 Å². The third kappa shape index (κ3) is 4.31. The SMILES string of the molecule is O=C(CCc1ccccc1)NCCN1C(=O)CSC1=S. The van der Waals surface area contributed by atoms with Crippen LogP contribution in [0.2, 0.25) is 0 Å². The van der Waals surface area contributed by atoms with Crippen molar-refractivity contribution < 1.29 is 9.59 Å². The van der Waals surface area contributed by atoms with Crippen LogP contribution in [-0.2, 0) is 16.0 Å². The molecule has 20 heavy (non-hydrogen) atoms. The maximum atomic E-state index is 11.7. The fourth-order valence-electron chi connectivity index (χ4n) is 1.90. The summed E-state index contributed by atoms with van der Waals surface area (Å²) in [5.74, 6) is 0.443. The van der Waals surface area contributed by atoms with Gasteiger partial charge in [0.05, 0.1) is 5.75 Å². The van der Waals surface area contributed by atoms with Crippen molar-refractivity contribution in [2.75, 3.05) is 18.8 Å². The summed E-state index contributed by atoms with van der Waals surface area (Å²) < 4.78 is 0.605. The lowest BCUT2D eigenvalue weighted by atomic mass is 10.1. The molecule has 1 heterocycles. The number of benzene rings is 1. The highest BCUT2D eigenvalue weighted by molar-refractivity contribution is 8.23. The molecule has 0 bridgehead atoms. The van der Waals surface area contributed by atoms with Crippen molar-refractivity contribution in [3.63, 3.8) is 0 Å². The maximum Gasteiger partial charge on any atom is 0.238 e. The number of carbonyl (C=O) groups is 2. The number of nitrogens with zero attached hydrogens (tertiary/aromatic N) is 1. The van der Waals surface area contributed by atoms with Gasteiger partial charge in [-0.3, -0.25) is 14.5 Å². The summed E-state index contributed by atoms with van der Waals surface area (Å²) in [4.78, 5) is 24.7. The summed E-state index contributed by atoms with van der Waals surface area (Å²) in [6.45, 7) is 0.905. The summed E-state index contributed by atoms with van der Waals surface area (Å²) in [7, 11) is 0. The van der Waals surface area contributed by atoms with Crippen molar-refractivity contribution in [1.29, 1.82) is 0 Å². The van der Waals surface area contributed by atoms with E-state index in [4.69, 9.17) is 12.2 Å². The van der Waals surface area contributed by atoms with E-state index >= 15 is 0 Å². The van der Waals surface area contributed by atoms with Crippen LogP contribution < -0.4 is 5.32 Å². The average molecular weight is 308 g/mol. The predicted octanol–water partition coefficient (Wildman–Crippen LogP) is 1.60. The zero-order valence-corrected chi connectivity index (χ0v) is 12.6. The van der Waals surface area contributed by atoms with E-state index in [1.165, 1.54) is 11.8 Å². The molecule has 0 aliphatic carbocycles. The predicted molar refractivity (Wildman–Crippen MR) is 84.5 cm³/mol. The van der Waals surface area contributed by atoms with E-state index in [0.29, 0.717) is 29.6 Å². The van der Waals surface area contributed by atoms with Crippen molar-refractivity contribution in [2.24, 2.45) is 0 Å². The summed E-state index contributed by atoms with van der Waals surface area (Å²) in [5.41, 5.74) is 1.15. The molecule has 0 unspecified atom stereocenters. The Kier molecular flexibility index (Phi) is 5.55. The number of hydrogen-bond donors (Lipinski definition) is 1. The summed E-state index contributed by atoms with van der Waals surface area (Å²) in [6.07, 6.45) is 1.18. The van der Waals surface area contributed by atoms with Crippen LogP contribution in [0.3, 0.4) is 0 Å². The van der Waals surface area contributed by atoms with E-state index in [1.54, 1.807) is 4.90 Å². The molecule has 1 fully saturated rings. The fraction of sp³-hybridized carbons (Fsp3) is 0.357. The number of nitrogens with one attached hydrogen (secondary N) is 1. The monoisotopic (exact) mass is 308 g/mol. The molecule has 0 aromatic heterocycles. The number of carbonyl (C=O) groups excluding carboxylic acids is 2. The first-order valence-electron chi connectivity index (χ1n) is 6.44. The molecule has 1 saturated heterocycles. The zero-order chi connectivity index (χ0) is 14.4. The third-order valence-corrected chi connectivity index (χ3v) is 4.41. The first-order valence-corrected chi connectivity index (χ1v) is 7.84. The molecular formula is C14H16N2O2S2. The van der Waals surface area contributed by atoms with Gasteiger partial charge in [0.1, 0.15) is 4.32 Å². The van der Waals surface area contributed by atoms with Crippen LogP contribution in [0.4, 0.5) is 0 Å². The van der Waals surface area contributed by atoms with Crippen molar-refractivity contribution in [1.82, 2.24) is 10.2 Å². The Balaban J connectivity index is 1.65. The molecule has 6 heteroatoms. The van der Waals surface area contributed by atoms with Crippen LogP contribution in [-0.4, -0.2) is 39.9 Å². The Bertz CT molecular complexity index is 489. The molecule has 0 saturated carbocycles. The lowest BCUT2D eigenvalue weighted by Gasteiger charge is -2.15. The minimum Gasteiger partial charge on any atom is -0.354 e. The summed E-state index contributed by atoms with van der Waals surface area (Å²) in [6, 6.07) is 9.89. The van der Waals surface area contributed by atoms with Crippen LogP contribution in [0, 0.1) is 0 Å². The van der Waals surface area contributed by atoms with Crippen molar-refractivity contribution in [3.8, 4) is 0 Å². The number of amides is 2. The van der Waals surface area contributed by atoms with Gasteiger partial charge in [-0.15, -0.1) is 0 Å². The Morgan fingerprint density at radius 1 is 1.35 bits per heavy atom. The fourth-order valence-corrected chi connectivity index (χ4v) is 3.02. The normalized spacial score (nSPS) is 14.7. The van der Waals surface area contributed by atoms with Gasteiger partial charge in [-0.25, -0.2) is 0 Å². The van der Waals surface area contributed by atoms with Gasteiger partial charge in [-0.2, -0.15) is 0 Å². The smallest absolute Gasteiger partial charge is 0.238 e. The molecule has 0 spiro atoms. The molecule has 1 aliphatic rings. The molecule has 0 atom stereocenters. The maximum absolute atomic E-state index is 11.7. The Morgan fingerprint density at radius 3 is 2.75 bits per heavy atom. The highest BCUT2D eigenvalue weighted by Gasteiger charge is 2.25. The molecular weight excluding hydrogens is 292 g/mol. The number of thioether (sulfide) groups is 1. The zero-order valence-electron chi connectivity index (χ0n) is 11.0. The second-order valence-corrected chi connectivity index (χ2v) is 6.04. The average Bonchev–Trinajstić information content (AvgIpc) is 2.78. The van der Waals surface area contributed by atoms with Gasteiger partial charge in [0.25, 0.3) is 0 Å². The van der Waals surface area contributed by atoms with E-state index in [2.05, 4.69) is 5.32 Å². The highest BCUT2D eigenvalue weighted by Crippen LogP contribution is 2.18. The number of thiocarbonyl (C=S) groups is 1. The largest absolute Gasteiger partial charge is 0.354 e. The molecule has 1 N–H and O–H groups in total. The van der Waals surface area contributed by atoms with Gasteiger partial charge < -0.3 is 5.32 Å². The second kappa shape index (κ2) is 7.40. The molecule has 0 radical (unpaired) electrons. The molecule has 1 aromatic rings. The van der Waals surface area contributed by atoms with Crippen LogP contribution in [0.5, 0.6) is 0 Å². The van der Waals surface area contributed by atoms with E-state index in [0.717, 1.165) is 12.0 Å². The van der Waals surface area contributed by atoms with Gasteiger partial charge in [-0.1, -0.05) is 54.3 Å². The number of aryl methyl sites for hydroxylation is 1. The van der Waals surface area contributed by atoms with Crippen LogP contribution >= 0.6 is 24.0 Å². The lowest BCUT2D eigenvalue weighted by Crippen LogP contribution is -2.37. The van der Waals surface area contributed by atoms with E-state index < -0.39 is 0 Å². The van der Waals surface area contributed by atoms with E-state index in [1.807, 2.05) is 30.3 Å². The van der Waals surface area contributed by atoms with Crippen LogP contribution in [0.15, 0.2) is 30.3 Å². The quantitative estimate of drug-likeness (QED) is 0.811. The van der Waals surface area contributed by atoms with Crippen molar-refractivity contribution in [2.45, 2.75) is 12.8 Å². The molecule has 4 nitrogen and oxygen atoms in total. The minimum atomic E-state index is -0.000861. The Hall–Kier alpha value is -1.40. The molecule has 2 amide bonds. The number of rotatable bonds is 6. The van der Waals surface area contributed by atoms with Gasteiger partial charge in [-0.05, 0) is 12.0 Å². The summed E-state index contributed by atoms with van der Waals surface area (Å²) in [5, 5.41) is 2.82. The standard InChI is InChI=1S/C14H16N2O2S2/c17-12(7-6-11-4-2-1-3-5-11)15-8-9-16-13(18)10-20-14(16)19/h1-5H,6-10H2,(H,15,17). The second-order valence-electron chi connectivity index (χ2n) is 4.44. The van der Waals surface area contributed by atoms with Gasteiger partial charge in [0, 0.05) is 19.5 Å². The van der Waals surface area contributed by atoms with Crippen molar-refractivity contribution in [3.05, 3.63) is 35.9 Å². The third-order valence-electron chi connectivity index (χ3n) is 2.98. The van der Waals surface area contributed by atoms with Gasteiger partial charge >= 0.3 is 0 Å². The van der Waals surface area contributed by atoms with E-state index in [-0.39, 0.29) is 11.8 Å². The van der Waals surface area contributed by atoms with Crippen LogP contribution in [0.25, 0.3) is 0 Å².